The standard InChI is InChI=1S/C19H18ClN5O3/c1-12-15(4-2-5-16(12)25-11-21-23-24-25)22-18(26)10-13-8-14(20)19-17(9-13)27-6-3-7-28-19/h2,4-5,8-9,11H,3,6-7,10H2,1H3,(H,22,26). The number of amides is 1. The third kappa shape index (κ3) is 3.77. The maximum Gasteiger partial charge on any atom is 0.228 e. The van der Waals surface area contributed by atoms with Crippen molar-refractivity contribution < 1.29 is 14.3 Å². The number of nitrogens with one attached hydrogen (secondary N) is 1. The summed E-state index contributed by atoms with van der Waals surface area (Å²) in [5.41, 5.74) is 3.10. The van der Waals surface area contributed by atoms with Crippen molar-refractivity contribution in [2.45, 2.75) is 19.8 Å². The van der Waals surface area contributed by atoms with Gasteiger partial charge in [-0.25, -0.2) is 4.68 Å². The number of carbonyl (C=O) groups is 1. The number of carbonyl (C=O) groups excluding carboxylic acids is 1. The third-order valence-corrected chi connectivity index (χ3v) is 4.68. The first-order valence-corrected chi connectivity index (χ1v) is 9.20. The largest absolute Gasteiger partial charge is 0.489 e. The number of tetrazole rings is 1. The average molecular weight is 400 g/mol. The van der Waals surface area contributed by atoms with E-state index in [1.54, 1.807) is 16.8 Å². The van der Waals surface area contributed by atoms with E-state index in [4.69, 9.17) is 21.1 Å². The maximum absolute atomic E-state index is 12.6. The molecule has 0 bridgehead atoms. The molecular weight excluding hydrogens is 382 g/mol. The lowest BCUT2D eigenvalue weighted by Gasteiger charge is -2.13. The predicted octanol–water partition coefficient (Wildman–Crippen LogP) is 2.97. The van der Waals surface area contributed by atoms with Crippen LogP contribution in [0.2, 0.25) is 5.02 Å². The van der Waals surface area contributed by atoms with Gasteiger partial charge in [-0.05, 0) is 52.7 Å². The molecule has 0 radical (unpaired) electrons. The first-order chi connectivity index (χ1) is 13.6. The molecule has 1 aliphatic rings. The Balaban J connectivity index is 1.52. The molecule has 0 saturated carbocycles. The molecule has 1 aliphatic heterocycles. The Kier molecular flexibility index (Phi) is 5.12. The van der Waals surface area contributed by atoms with E-state index < -0.39 is 0 Å². The fourth-order valence-electron chi connectivity index (χ4n) is 3.04. The van der Waals surface area contributed by atoms with Crippen LogP contribution >= 0.6 is 11.6 Å². The van der Waals surface area contributed by atoms with Crippen LogP contribution in [0.3, 0.4) is 0 Å². The van der Waals surface area contributed by atoms with Gasteiger partial charge in [-0.1, -0.05) is 17.7 Å². The van der Waals surface area contributed by atoms with Gasteiger partial charge in [0.1, 0.15) is 6.33 Å². The van der Waals surface area contributed by atoms with Crippen molar-refractivity contribution in [3.05, 3.63) is 52.8 Å². The van der Waals surface area contributed by atoms with Gasteiger partial charge in [0.25, 0.3) is 0 Å². The number of aromatic nitrogens is 4. The van der Waals surface area contributed by atoms with Crippen LogP contribution in [0, 0.1) is 6.92 Å². The number of nitrogens with zero attached hydrogens (tertiary/aromatic N) is 4. The van der Waals surface area contributed by atoms with Gasteiger partial charge in [0.05, 0.1) is 30.3 Å². The monoisotopic (exact) mass is 399 g/mol. The highest BCUT2D eigenvalue weighted by atomic mass is 35.5. The van der Waals surface area contributed by atoms with Crippen molar-refractivity contribution in [1.29, 1.82) is 0 Å². The van der Waals surface area contributed by atoms with Crippen molar-refractivity contribution >= 4 is 23.2 Å². The highest BCUT2D eigenvalue weighted by Gasteiger charge is 2.17. The van der Waals surface area contributed by atoms with Crippen LogP contribution < -0.4 is 14.8 Å². The van der Waals surface area contributed by atoms with Gasteiger partial charge in [-0.2, -0.15) is 0 Å². The van der Waals surface area contributed by atoms with E-state index in [0.29, 0.717) is 35.4 Å². The van der Waals surface area contributed by atoms with E-state index in [1.165, 1.54) is 6.33 Å². The van der Waals surface area contributed by atoms with Gasteiger partial charge < -0.3 is 14.8 Å². The molecule has 0 spiro atoms. The van der Waals surface area contributed by atoms with E-state index >= 15 is 0 Å². The zero-order valence-corrected chi connectivity index (χ0v) is 15.9. The molecule has 1 amide bonds. The second-order valence-corrected chi connectivity index (χ2v) is 6.79. The van der Waals surface area contributed by atoms with E-state index in [2.05, 4.69) is 20.8 Å². The molecule has 1 N–H and O–H groups in total. The third-order valence-electron chi connectivity index (χ3n) is 4.40. The SMILES string of the molecule is Cc1c(NC(=O)Cc2cc(Cl)c3c(c2)OCCCO3)cccc1-n1cnnn1. The predicted molar refractivity (Wildman–Crippen MR) is 103 cm³/mol. The number of fused-ring (bicyclic) bond motifs is 1. The molecule has 0 aliphatic carbocycles. The Morgan fingerprint density at radius 1 is 1.29 bits per heavy atom. The van der Waals surface area contributed by atoms with Crippen molar-refractivity contribution in [2.24, 2.45) is 0 Å². The molecule has 2 aromatic carbocycles. The van der Waals surface area contributed by atoms with E-state index in [-0.39, 0.29) is 12.3 Å². The van der Waals surface area contributed by atoms with Crippen molar-refractivity contribution in [1.82, 2.24) is 20.2 Å². The van der Waals surface area contributed by atoms with Crippen LogP contribution in [0.5, 0.6) is 11.5 Å². The molecule has 1 aromatic heterocycles. The lowest BCUT2D eigenvalue weighted by molar-refractivity contribution is -0.115. The Labute approximate surface area is 166 Å². The summed E-state index contributed by atoms with van der Waals surface area (Å²) in [6.07, 6.45) is 2.45. The number of anilines is 1. The summed E-state index contributed by atoms with van der Waals surface area (Å²) in [4.78, 5) is 12.6. The minimum atomic E-state index is -0.164. The van der Waals surface area contributed by atoms with Crippen molar-refractivity contribution in [3.63, 3.8) is 0 Å². The number of hydrogen-bond donors (Lipinski definition) is 1. The summed E-state index contributed by atoms with van der Waals surface area (Å²) in [6.45, 7) is 3.02. The van der Waals surface area contributed by atoms with Gasteiger partial charge in [0.15, 0.2) is 11.5 Å². The van der Waals surface area contributed by atoms with Crippen LogP contribution in [0.1, 0.15) is 17.5 Å². The van der Waals surface area contributed by atoms with Gasteiger partial charge in [0, 0.05) is 12.1 Å². The number of rotatable bonds is 4. The van der Waals surface area contributed by atoms with Crippen LogP contribution in [-0.2, 0) is 11.2 Å². The number of benzene rings is 2. The van der Waals surface area contributed by atoms with Crippen LogP contribution in [-0.4, -0.2) is 39.3 Å². The van der Waals surface area contributed by atoms with Crippen LogP contribution in [0.4, 0.5) is 5.69 Å². The molecule has 0 atom stereocenters. The molecular formula is C19H18ClN5O3. The molecule has 4 rings (SSSR count). The molecule has 0 unspecified atom stereocenters. The fourth-order valence-corrected chi connectivity index (χ4v) is 3.33. The summed E-state index contributed by atoms with van der Waals surface area (Å²) in [7, 11) is 0. The highest BCUT2D eigenvalue weighted by molar-refractivity contribution is 6.32. The second-order valence-electron chi connectivity index (χ2n) is 6.38. The van der Waals surface area contributed by atoms with Gasteiger partial charge in [0.2, 0.25) is 5.91 Å². The quantitative estimate of drug-likeness (QED) is 0.725. The molecule has 3 aromatic rings. The zero-order chi connectivity index (χ0) is 19.5. The normalized spacial score (nSPS) is 13.1. The number of ether oxygens (including phenoxy) is 2. The Morgan fingerprint density at radius 3 is 2.96 bits per heavy atom. The summed E-state index contributed by atoms with van der Waals surface area (Å²) < 4.78 is 12.9. The van der Waals surface area contributed by atoms with E-state index in [1.807, 2.05) is 25.1 Å². The smallest absolute Gasteiger partial charge is 0.228 e. The van der Waals surface area contributed by atoms with Crippen molar-refractivity contribution in [3.8, 4) is 17.2 Å². The van der Waals surface area contributed by atoms with Crippen LogP contribution in [0.15, 0.2) is 36.7 Å². The Morgan fingerprint density at radius 2 is 2.14 bits per heavy atom. The minimum Gasteiger partial charge on any atom is -0.489 e. The number of hydrogen-bond acceptors (Lipinski definition) is 6. The molecule has 9 heteroatoms. The van der Waals surface area contributed by atoms with E-state index in [0.717, 1.165) is 23.2 Å². The molecule has 0 fully saturated rings. The molecule has 144 valence electrons. The molecule has 0 saturated heterocycles. The molecule has 8 nitrogen and oxygen atoms in total. The first-order valence-electron chi connectivity index (χ1n) is 8.82. The molecule has 28 heavy (non-hydrogen) atoms. The summed E-state index contributed by atoms with van der Waals surface area (Å²) in [5, 5.41) is 14.6. The lowest BCUT2D eigenvalue weighted by Crippen LogP contribution is -2.16. The Bertz CT molecular complexity index is 1010. The fraction of sp³-hybridized carbons (Fsp3) is 0.263. The van der Waals surface area contributed by atoms with E-state index in [9.17, 15) is 4.79 Å². The van der Waals surface area contributed by atoms with Gasteiger partial charge in [-0.3, -0.25) is 4.79 Å². The minimum absolute atomic E-state index is 0.158. The average Bonchev–Trinajstić information content (AvgIpc) is 3.09. The first kappa shape index (κ1) is 18.2. The maximum atomic E-state index is 12.6. The highest BCUT2D eigenvalue weighted by Crippen LogP contribution is 2.38. The summed E-state index contributed by atoms with van der Waals surface area (Å²) in [5.74, 6) is 0.945. The van der Waals surface area contributed by atoms with Crippen molar-refractivity contribution in [2.75, 3.05) is 18.5 Å². The van der Waals surface area contributed by atoms with Gasteiger partial charge in [-0.15, -0.1) is 5.10 Å². The van der Waals surface area contributed by atoms with Crippen LogP contribution in [0.25, 0.3) is 5.69 Å². The topological polar surface area (TPSA) is 91.2 Å². The lowest BCUT2D eigenvalue weighted by atomic mass is 10.1. The van der Waals surface area contributed by atoms with Gasteiger partial charge >= 0.3 is 0 Å². The summed E-state index contributed by atoms with van der Waals surface area (Å²) >= 11 is 6.31. The zero-order valence-electron chi connectivity index (χ0n) is 15.2. The number of halogens is 1. The summed E-state index contributed by atoms with van der Waals surface area (Å²) in [6, 6.07) is 9.09. The Hall–Kier alpha value is -3.13. The molecule has 2 heterocycles. The second kappa shape index (κ2) is 7.85.